The second-order valence-corrected chi connectivity index (χ2v) is 12.0. The zero-order chi connectivity index (χ0) is 40.0. The number of carbonyl (C=O) groups is 3. The van der Waals surface area contributed by atoms with E-state index in [4.69, 9.17) is 38.9 Å². The molecule has 0 fully saturated rings. The summed E-state index contributed by atoms with van der Waals surface area (Å²) in [7, 11) is 1.38. The first-order chi connectivity index (χ1) is 26.3. The van der Waals surface area contributed by atoms with E-state index in [0.717, 1.165) is 0 Å². The lowest BCUT2D eigenvalue weighted by Gasteiger charge is -2.26. The molecule has 3 aromatic rings. The molecule has 18 nitrogen and oxygen atoms in total. The maximum Gasteiger partial charge on any atom is 0.511 e. The second kappa shape index (κ2) is 19.7. The van der Waals surface area contributed by atoms with Crippen LogP contribution < -0.4 is 31.0 Å². The lowest BCUT2D eigenvalue weighted by molar-refractivity contribution is -0.141. The van der Waals surface area contributed by atoms with Crippen LogP contribution in [0.15, 0.2) is 64.8 Å². The number of nitrogens with one attached hydrogen (secondary N) is 2. The number of amidine groups is 2. The van der Waals surface area contributed by atoms with Gasteiger partial charge in [-0.15, -0.1) is 0 Å². The highest BCUT2D eigenvalue weighted by molar-refractivity contribution is 6.03. The van der Waals surface area contributed by atoms with Crippen LogP contribution >= 0.6 is 0 Å². The van der Waals surface area contributed by atoms with E-state index < -0.39 is 55.5 Å². The van der Waals surface area contributed by atoms with Crippen LogP contribution in [0.3, 0.4) is 0 Å². The molecule has 20 heteroatoms. The minimum absolute atomic E-state index is 0.0280. The van der Waals surface area contributed by atoms with Gasteiger partial charge >= 0.3 is 18.2 Å². The Hall–Kier alpha value is -6.31. The van der Waals surface area contributed by atoms with Gasteiger partial charge < -0.3 is 39.5 Å². The number of hydrogen-bond acceptors (Lipinski definition) is 16. The first-order valence-corrected chi connectivity index (χ1v) is 16.8. The van der Waals surface area contributed by atoms with E-state index in [1.54, 1.807) is 30.3 Å². The molecule has 4 rings (SSSR count). The van der Waals surface area contributed by atoms with Crippen molar-refractivity contribution in [2.24, 2.45) is 15.7 Å². The maximum atomic E-state index is 16.5. The largest absolute Gasteiger partial charge is 0.511 e. The normalized spacial score (nSPS) is 14.6. The van der Waals surface area contributed by atoms with Crippen LogP contribution in [0, 0.1) is 5.82 Å². The number of hydrazine groups is 1. The first kappa shape index (κ1) is 41.4. The standard InChI is InChI=1S/C35H42F2N8O10/c1-6-14-52-33(47)42-29(38)22-8-10-23(11-9-22)41-28(25-17-24(49-5)18-26(27(25)37)51-16-15-50-21(2)46)30-43-32(45(44-30)31-39-12-7-13-40-31)53-20-54-34(48)55-35(3,4)19-36/h7-13,17-18,28,32,41H,6,14-16,19-20H2,1-5H3,(H,43,44)(H2,38,42,47)/t28?,32-/m1/s1. The lowest BCUT2D eigenvalue weighted by atomic mass is 10.0. The number of rotatable bonds is 18. The number of nitrogens with zero attached hydrogens (tertiary/aromatic N) is 5. The zero-order valence-electron chi connectivity index (χ0n) is 30.7. The molecule has 0 saturated heterocycles. The van der Waals surface area contributed by atoms with E-state index >= 15 is 4.39 Å². The van der Waals surface area contributed by atoms with Crippen molar-refractivity contribution < 1.29 is 56.3 Å². The molecular weight excluding hydrogens is 730 g/mol. The van der Waals surface area contributed by atoms with Crippen molar-refractivity contribution in [1.82, 2.24) is 15.4 Å². The molecule has 296 valence electrons. The molecule has 2 aromatic carbocycles. The summed E-state index contributed by atoms with van der Waals surface area (Å²) in [6.07, 6.45) is 0.214. The number of hydrogen-bond donors (Lipinski definition) is 3. The minimum atomic E-state index is -1.43. The number of anilines is 2. The predicted octanol–water partition coefficient (Wildman–Crippen LogP) is 4.55. The number of esters is 1. The number of carbonyl (C=O) groups excluding carboxylic acids is 3. The van der Waals surface area contributed by atoms with Crippen molar-refractivity contribution in [3.05, 3.63) is 71.8 Å². The molecule has 4 N–H and O–H groups in total. The predicted molar refractivity (Wildman–Crippen MR) is 193 cm³/mol. The lowest BCUT2D eigenvalue weighted by Crippen LogP contribution is -2.45. The number of ether oxygens (including phenoxy) is 7. The van der Waals surface area contributed by atoms with Gasteiger partial charge in [-0.25, -0.2) is 38.3 Å². The third-order valence-electron chi connectivity index (χ3n) is 7.19. The maximum absolute atomic E-state index is 16.5. The van der Waals surface area contributed by atoms with Gasteiger partial charge in [0.15, 0.2) is 18.4 Å². The number of aromatic nitrogens is 2. The minimum Gasteiger partial charge on any atom is -0.497 e. The molecule has 0 bridgehead atoms. The van der Waals surface area contributed by atoms with Gasteiger partial charge in [-0.1, -0.05) is 6.92 Å². The Morgan fingerprint density at radius 3 is 2.45 bits per heavy atom. The summed E-state index contributed by atoms with van der Waals surface area (Å²) in [5, 5.41) is 4.51. The molecule has 1 unspecified atom stereocenters. The quantitative estimate of drug-likeness (QED) is 0.0403. The fraction of sp³-hybridized carbons (Fsp3) is 0.400. The fourth-order valence-electron chi connectivity index (χ4n) is 4.57. The molecular formula is C35H42F2N8O10. The molecule has 0 aliphatic carbocycles. The van der Waals surface area contributed by atoms with Crippen molar-refractivity contribution in [2.75, 3.05) is 50.7 Å². The summed E-state index contributed by atoms with van der Waals surface area (Å²) in [5.41, 5.74) is 8.43. The molecule has 1 aliphatic heterocycles. The zero-order valence-corrected chi connectivity index (χ0v) is 30.7. The summed E-state index contributed by atoms with van der Waals surface area (Å²) in [6.45, 7) is 4.03. The van der Waals surface area contributed by atoms with Gasteiger partial charge in [0.25, 0.3) is 6.35 Å². The number of amides is 1. The highest BCUT2D eigenvalue weighted by atomic mass is 19.1. The van der Waals surface area contributed by atoms with Crippen molar-refractivity contribution in [2.45, 2.75) is 52.1 Å². The summed E-state index contributed by atoms with van der Waals surface area (Å²) < 4.78 is 66.4. The summed E-state index contributed by atoms with van der Waals surface area (Å²) in [5.74, 6) is -1.33. The van der Waals surface area contributed by atoms with Crippen LogP contribution in [-0.4, -0.2) is 92.2 Å². The van der Waals surface area contributed by atoms with Crippen LogP contribution in [0.1, 0.15) is 51.3 Å². The smallest absolute Gasteiger partial charge is 0.497 e. The molecule has 2 atom stereocenters. The summed E-state index contributed by atoms with van der Waals surface area (Å²) >= 11 is 0. The Labute approximate surface area is 314 Å². The molecule has 2 heterocycles. The monoisotopic (exact) mass is 772 g/mol. The Bertz CT molecular complexity index is 1830. The third kappa shape index (κ3) is 12.1. The number of benzene rings is 2. The summed E-state index contributed by atoms with van der Waals surface area (Å²) in [6, 6.07) is 9.54. The van der Waals surface area contributed by atoms with Crippen LogP contribution in [-0.2, 0) is 28.5 Å². The SMILES string of the molecule is CCCOC(=O)N=C(N)c1ccc(NC(C2=N[C@@H](OCOC(=O)OC(C)(C)CF)N(c3ncccn3)N2)c2cc(OC)cc(OCCOC(C)=O)c2F)cc1. The van der Waals surface area contributed by atoms with Crippen molar-refractivity contribution in [3.63, 3.8) is 0 Å². The average Bonchev–Trinajstić information content (AvgIpc) is 3.59. The van der Waals surface area contributed by atoms with Gasteiger partial charge in [-0.3, -0.25) is 15.0 Å². The first-order valence-electron chi connectivity index (χ1n) is 16.8. The van der Waals surface area contributed by atoms with Gasteiger partial charge in [0.1, 0.15) is 49.0 Å². The van der Waals surface area contributed by atoms with E-state index in [2.05, 4.69) is 30.7 Å². The van der Waals surface area contributed by atoms with E-state index in [1.807, 2.05) is 6.92 Å². The van der Waals surface area contributed by atoms with Gasteiger partial charge in [0.2, 0.25) is 5.95 Å². The number of methoxy groups -OCH3 is 1. The van der Waals surface area contributed by atoms with Crippen molar-refractivity contribution in [3.8, 4) is 11.5 Å². The number of alkyl halides is 1. The highest BCUT2D eigenvalue weighted by Gasteiger charge is 2.36. The summed E-state index contributed by atoms with van der Waals surface area (Å²) in [4.78, 5) is 52.3. The van der Waals surface area contributed by atoms with Gasteiger partial charge in [0.05, 0.1) is 13.7 Å². The molecule has 55 heavy (non-hydrogen) atoms. The molecule has 1 amide bonds. The number of aliphatic imine (C=N–C) groups is 2. The van der Waals surface area contributed by atoms with Crippen LogP contribution in [0.2, 0.25) is 0 Å². The molecule has 0 saturated carbocycles. The Morgan fingerprint density at radius 1 is 1.07 bits per heavy atom. The molecule has 0 spiro atoms. The van der Waals surface area contributed by atoms with Crippen LogP contribution in [0.5, 0.6) is 11.5 Å². The van der Waals surface area contributed by atoms with Crippen LogP contribution in [0.4, 0.5) is 30.0 Å². The van der Waals surface area contributed by atoms with E-state index in [1.165, 1.54) is 57.4 Å². The molecule has 0 radical (unpaired) electrons. The van der Waals surface area contributed by atoms with Gasteiger partial charge in [-0.2, -0.15) is 4.99 Å². The Morgan fingerprint density at radius 2 is 1.80 bits per heavy atom. The second-order valence-electron chi connectivity index (χ2n) is 12.0. The number of nitrogens with two attached hydrogens (primary N) is 1. The average molecular weight is 773 g/mol. The van der Waals surface area contributed by atoms with E-state index in [9.17, 15) is 18.8 Å². The van der Waals surface area contributed by atoms with E-state index in [0.29, 0.717) is 17.7 Å². The Kier molecular flexibility index (Phi) is 14.8. The van der Waals surface area contributed by atoms with Crippen molar-refractivity contribution in [1.29, 1.82) is 0 Å². The fourth-order valence-corrected chi connectivity index (χ4v) is 4.57. The van der Waals surface area contributed by atoms with Gasteiger partial charge in [-0.05, 0) is 56.7 Å². The number of halogens is 2. The van der Waals surface area contributed by atoms with E-state index in [-0.39, 0.29) is 54.5 Å². The Balaban J connectivity index is 1.71. The highest BCUT2D eigenvalue weighted by Crippen LogP contribution is 2.35. The third-order valence-corrected chi connectivity index (χ3v) is 7.19. The molecule has 1 aliphatic rings. The molecule has 1 aromatic heterocycles. The topological polar surface area (TPSA) is 220 Å². The van der Waals surface area contributed by atoms with Crippen LogP contribution in [0.25, 0.3) is 0 Å². The van der Waals surface area contributed by atoms with Gasteiger partial charge in [0, 0.05) is 42.2 Å². The van der Waals surface area contributed by atoms with Crippen molar-refractivity contribution >= 4 is 41.5 Å².